The SMILES string of the molecule is CC(CCc1ccc(Br)cc1)NC(=O)c1cc2c([nH]c1=O)CC(C)(C)CC2=O. The van der Waals surface area contributed by atoms with Crippen molar-refractivity contribution in [2.75, 3.05) is 0 Å². The summed E-state index contributed by atoms with van der Waals surface area (Å²) in [5, 5.41) is 2.88. The number of H-pyrrole nitrogens is 1. The second kappa shape index (κ2) is 8.03. The van der Waals surface area contributed by atoms with E-state index in [1.54, 1.807) is 0 Å². The molecule has 5 nitrogen and oxygen atoms in total. The van der Waals surface area contributed by atoms with Crippen LogP contribution in [0.2, 0.25) is 0 Å². The maximum atomic E-state index is 12.6. The fourth-order valence-corrected chi connectivity index (χ4v) is 3.87. The summed E-state index contributed by atoms with van der Waals surface area (Å²) in [4.78, 5) is 40.2. The molecule has 0 fully saturated rings. The summed E-state index contributed by atoms with van der Waals surface area (Å²) in [6.45, 7) is 5.91. The van der Waals surface area contributed by atoms with E-state index in [2.05, 4.69) is 26.2 Å². The summed E-state index contributed by atoms with van der Waals surface area (Å²) in [5.41, 5.74) is 1.66. The van der Waals surface area contributed by atoms with Gasteiger partial charge in [0, 0.05) is 28.2 Å². The number of fused-ring (bicyclic) bond motifs is 1. The van der Waals surface area contributed by atoms with Crippen molar-refractivity contribution in [1.82, 2.24) is 10.3 Å². The maximum Gasteiger partial charge on any atom is 0.261 e. The van der Waals surface area contributed by atoms with Gasteiger partial charge in [-0.3, -0.25) is 14.4 Å². The lowest BCUT2D eigenvalue weighted by molar-refractivity contribution is 0.0910. The Labute approximate surface area is 173 Å². The monoisotopic (exact) mass is 444 g/mol. The molecule has 1 aliphatic carbocycles. The number of halogens is 1. The van der Waals surface area contributed by atoms with E-state index in [0.717, 1.165) is 17.3 Å². The molecule has 2 N–H and O–H groups in total. The van der Waals surface area contributed by atoms with E-state index in [-0.39, 0.29) is 22.8 Å². The van der Waals surface area contributed by atoms with Crippen LogP contribution in [0.3, 0.4) is 0 Å². The number of rotatable bonds is 5. The quantitative estimate of drug-likeness (QED) is 0.729. The van der Waals surface area contributed by atoms with Gasteiger partial charge in [0.1, 0.15) is 5.56 Å². The summed E-state index contributed by atoms with van der Waals surface area (Å²) in [7, 11) is 0. The van der Waals surface area contributed by atoms with Gasteiger partial charge in [-0.2, -0.15) is 0 Å². The molecule has 1 aromatic carbocycles. The second-order valence-electron chi connectivity index (χ2n) is 8.38. The van der Waals surface area contributed by atoms with Crippen molar-refractivity contribution in [1.29, 1.82) is 0 Å². The van der Waals surface area contributed by atoms with Crippen LogP contribution in [0, 0.1) is 5.41 Å². The normalized spacial score (nSPS) is 16.4. The first-order valence-electron chi connectivity index (χ1n) is 9.49. The summed E-state index contributed by atoms with van der Waals surface area (Å²) < 4.78 is 1.03. The maximum absolute atomic E-state index is 12.6. The number of benzene rings is 1. The number of aromatic nitrogens is 1. The third-order valence-corrected chi connectivity index (χ3v) is 5.65. The molecule has 1 atom stereocenters. The zero-order valence-corrected chi connectivity index (χ0v) is 18.0. The number of pyridine rings is 1. The van der Waals surface area contributed by atoms with E-state index in [1.165, 1.54) is 11.6 Å². The topological polar surface area (TPSA) is 79.0 Å². The van der Waals surface area contributed by atoms with Crippen LogP contribution >= 0.6 is 15.9 Å². The highest BCUT2D eigenvalue weighted by Gasteiger charge is 2.32. The van der Waals surface area contributed by atoms with Crippen LogP contribution in [-0.2, 0) is 12.8 Å². The van der Waals surface area contributed by atoms with Gasteiger partial charge in [-0.1, -0.05) is 41.9 Å². The largest absolute Gasteiger partial charge is 0.349 e. The molecule has 1 heterocycles. The Bertz CT molecular complexity index is 961. The van der Waals surface area contributed by atoms with E-state index in [9.17, 15) is 14.4 Å². The van der Waals surface area contributed by atoms with E-state index >= 15 is 0 Å². The number of carbonyl (C=O) groups excluding carboxylic acids is 2. The van der Waals surface area contributed by atoms with Gasteiger partial charge in [-0.15, -0.1) is 0 Å². The molecular weight excluding hydrogens is 420 g/mol. The van der Waals surface area contributed by atoms with Crippen molar-refractivity contribution in [3.05, 3.63) is 67.5 Å². The Morgan fingerprint density at radius 1 is 1.21 bits per heavy atom. The summed E-state index contributed by atoms with van der Waals surface area (Å²) >= 11 is 3.41. The third kappa shape index (κ3) is 4.79. The minimum Gasteiger partial charge on any atom is -0.349 e. The Morgan fingerprint density at radius 2 is 1.89 bits per heavy atom. The lowest BCUT2D eigenvalue weighted by Gasteiger charge is -2.29. The summed E-state index contributed by atoms with van der Waals surface area (Å²) in [6, 6.07) is 9.43. The molecule has 6 heteroatoms. The van der Waals surface area contributed by atoms with Gasteiger partial charge in [-0.05, 0) is 55.4 Å². The number of aryl methyl sites for hydroxylation is 1. The number of Topliss-reactive ketones (excluding diaryl/α,β-unsaturated/α-hetero) is 1. The highest BCUT2D eigenvalue weighted by atomic mass is 79.9. The van der Waals surface area contributed by atoms with Crippen LogP contribution in [-0.4, -0.2) is 22.7 Å². The minimum absolute atomic E-state index is 0.00213. The number of amides is 1. The van der Waals surface area contributed by atoms with Crippen LogP contribution in [0.15, 0.2) is 39.6 Å². The molecule has 1 unspecified atom stereocenters. The van der Waals surface area contributed by atoms with Crippen LogP contribution in [0.1, 0.15) is 65.6 Å². The van der Waals surface area contributed by atoms with Crippen molar-refractivity contribution in [2.24, 2.45) is 5.41 Å². The molecule has 28 heavy (non-hydrogen) atoms. The standard InChI is InChI=1S/C22H25BrN2O3/c1-13(4-5-14-6-8-15(23)9-7-14)24-20(27)17-10-16-18(25-21(17)28)11-22(2,3)12-19(16)26/h6-10,13H,4-5,11-12H2,1-3H3,(H,24,27)(H,25,28). The van der Waals surface area contributed by atoms with Crippen LogP contribution in [0.25, 0.3) is 0 Å². The van der Waals surface area contributed by atoms with E-state index in [4.69, 9.17) is 0 Å². The first-order chi connectivity index (χ1) is 13.1. The Morgan fingerprint density at radius 3 is 2.57 bits per heavy atom. The van der Waals surface area contributed by atoms with Gasteiger partial charge in [0.25, 0.3) is 11.5 Å². The number of carbonyl (C=O) groups is 2. The summed E-state index contributed by atoms with van der Waals surface area (Å²) in [6.07, 6.45) is 2.61. The molecule has 1 amide bonds. The molecule has 0 radical (unpaired) electrons. The van der Waals surface area contributed by atoms with Crippen LogP contribution in [0.4, 0.5) is 0 Å². The van der Waals surface area contributed by atoms with Gasteiger partial charge in [-0.25, -0.2) is 0 Å². The van der Waals surface area contributed by atoms with Crippen molar-refractivity contribution >= 4 is 27.6 Å². The van der Waals surface area contributed by atoms with Gasteiger partial charge < -0.3 is 10.3 Å². The van der Waals surface area contributed by atoms with Crippen molar-refractivity contribution < 1.29 is 9.59 Å². The smallest absolute Gasteiger partial charge is 0.261 e. The number of nitrogens with one attached hydrogen (secondary N) is 2. The third-order valence-electron chi connectivity index (χ3n) is 5.12. The highest BCUT2D eigenvalue weighted by molar-refractivity contribution is 9.10. The second-order valence-corrected chi connectivity index (χ2v) is 9.30. The fourth-order valence-electron chi connectivity index (χ4n) is 3.60. The number of aromatic amines is 1. The molecule has 0 saturated carbocycles. The first kappa shape index (κ1) is 20.5. The van der Waals surface area contributed by atoms with E-state index in [1.807, 2.05) is 45.0 Å². The molecule has 1 aromatic heterocycles. The molecule has 1 aliphatic rings. The molecule has 2 aromatic rings. The van der Waals surface area contributed by atoms with Gasteiger partial charge >= 0.3 is 0 Å². The molecule has 0 saturated heterocycles. The van der Waals surface area contributed by atoms with Crippen LogP contribution < -0.4 is 10.9 Å². The summed E-state index contributed by atoms with van der Waals surface area (Å²) in [5.74, 6) is -0.468. The fraction of sp³-hybridized carbons (Fsp3) is 0.409. The minimum atomic E-state index is -0.443. The van der Waals surface area contributed by atoms with Gasteiger partial charge in [0.05, 0.1) is 0 Å². The number of hydrogen-bond donors (Lipinski definition) is 2. The molecular formula is C22H25BrN2O3. The van der Waals surface area contributed by atoms with Gasteiger partial charge in [0.15, 0.2) is 5.78 Å². The van der Waals surface area contributed by atoms with Crippen molar-refractivity contribution in [3.8, 4) is 0 Å². The zero-order chi connectivity index (χ0) is 20.5. The zero-order valence-electron chi connectivity index (χ0n) is 16.4. The lowest BCUT2D eigenvalue weighted by Crippen LogP contribution is -2.38. The first-order valence-corrected chi connectivity index (χ1v) is 10.3. The molecule has 0 aliphatic heterocycles. The molecule has 0 spiro atoms. The molecule has 148 valence electrons. The Balaban J connectivity index is 1.69. The average molecular weight is 445 g/mol. The van der Waals surface area contributed by atoms with Crippen molar-refractivity contribution in [2.45, 2.75) is 52.5 Å². The predicted molar refractivity (Wildman–Crippen MR) is 113 cm³/mol. The van der Waals surface area contributed by atoms with E-state index in [0.29, 0.717) is 24.1 Å². The highest BCUT2D eigenvalue weighted by Crippen LogP contribution is 2.33. The Kier molecular flexibility index (Phi) is 5.89. The van der Waals surface area contributed by atoms with Crippen LogP contribution in [0.5, 0.6) is 0 Å². The average Bonchev–Trinajstić information content (AvgIpc) is 2.59. The predicted octanol–water partition coefficient (Wildman–Crippen LogP) is 4.04. The molecule has 0 bridgehead atoms. The van der Waals surface area contributed by atoms with Crippen molar-refractivity contribution in [3.63, 3.8) is 0 Å². The number of ketones is 1. The Hall–Kier alpha value is -2.21. The number of hydrogen-bond acceptors (Lipinski definition) is 3. The lowest BCUT2D eigenvalue weighted by atomic mass is 9.75. The van der Waals surface area contributed by atoms with Gasteiger partial charge in [0.2, 0.25) is 0 Å². The molecule has 3 rings (SSSR count). The van der Waals surface area contributed by atoms with E-state index < -0.39 is 11.5 Å².